The first-order chi connectivity index (χ1) is 16.8. The van der Waals surface area contributed by atoms with Crippen molar-refractivity contribution < 1.29 is 12.9 Å². The van der Waals surface area contributed by atoms with Gasteiger partial charge in [-0.05, 0) is 55.5 Å². The van der Waals surface area contributed by atoms with Gasteiger partial charge in [0.15, 0.2) is 5.65 Å². The maximum atomic E-state index is 13.9. The highest BCUT2D eigenvalue weighted by Crippen LogP contribution is 2.37. The molecule has 0 saturated heterocycles. The number of aryl methyl sites for hydroxylation is 3. The molecule has 0 aliphatic heterocycles. The minimum atomic E-state index is -3.93. The van der Waals surface area contributed by atoms with Crippen molar-refractivity contribution in [2.45, 2.75) is 18.7 Å². The van der Waals surface area contributed by atoms with Crippen molar-refractivity contribution in [3.8, 4) is 22.6 Å². The van der Waals surface area contributed by atoms with Gasteiger partial charge in [0.1, 0.15) is 0 Å². The maximum absolute atomic E-state index is 13.9. The zero-order chi connectivity index (χ0) is 24.3. The Hall–Kier alpha value is -4.24. The van der Waals surface area contributed by atoms with Crippen LogP contribution >= 0.6 is 0 Å². The summed E-state index contributed by atoms with van der Waals surface area (Å²) in [6, 6.07) is 18.2. The molecular formula is C26H21N5O3S. The van der Waals surface area contributed by atoms with Crippen LogP contribution in [-0.2, 0) is 17.1 Å². The molecule has 0 fully saturated rings. The van der Waals surface area contributed by atoms with Crippen molar-refractivity contribution in [1.82, 2.24) is 23.7 Å². The molecule has 0 spiro atoms. The highest BCUT2D eigenvalue weighted by atomic mass is 32.2. The van der Waals surface area contributed by atoms with Gasteiger partial charge in [0.2, 0.25) is 11.7 Å². The summed E-state index contributed by atoms with van der Waals surface area (Å²) in [7, 11) is -2.00. The summed E-state index contributed by atoms with van der Waals surface area (Å²) in [5, 5.41) is 5.64. The van der Waals surface area contributed by atoms with Crippen LogP contribution in [0.15, 0.2) is 82.5 Å². The number of pyridine rings is 1. The summed E-state index contributed by atoms with van der Waals surface area (Å²) in [4.78, 5) is 8.98. The number of aromatic nitrogens is 5. The third-order valence-electron chi connectivity index (χ3n) is 6.13. The van der Waals surface area contributed by atoms with Gasteiger partial charge in [0.05, 0.1) is 10.6 Å². The van der Waals surface area contributed by atoms with Crippen LogP contribution in [0.1, 0.15) is 11.5 Å². The Morgan fingerprint density at radius 2 is 1.77 bits per heavy atom. The molecule has 0 N–H and O–H groups in total. The van der Waals surface area contributed by atoms with Crippen LogP contribution in [0.3, 0.4) is 0 Å². The number of hydrogen-bond donors (Lipinski definition) is 0. The van der Waals surface area contributed by atoms with Crippen molar-refractivity contribution in [3.05, 3.63) is 84.5 Å². The third kappa shape index (κ3) is 3.35. The van der Waals surface area contributed by atoms with Gasteiger partial charge >= 0.3 is 0 Å². The molecule has 0 aliphatic rings. The van der Waals surface area contributed by atoms with Crippen LogP contribution in [0.2, 0.25) is 0 Å². The van der Waals surface area contributed by atoms with Crippen LogP contribution in [0, 0.1) is 13.8 Å². The summed E-state index contributed by atoms with van der Waals surface area (Å²) in [5.74, 6) is 0.956. The van der Waals surface area contributed by atoms with Crippen molar-refractivity contribution in [2.75, 3.05) is 0 Å². The van der Waals surface area contributed by atoms with Crippen molar-refractivity contribution >= 4 is 32.0 Å². The van der Waals surface area contributed by atoms with E-state index in [1.807, 2.05) is 55.1 Å². The van der Waals surface area contributed by atoms with Gasteiger partial charge in [-0.15, -0.1) is 0 Å². The fourth-order valence-electron chi connectivity index (χ4n) is 4.41. The molecule has 0 bridgehead atoms. The monoisotopic (exact) mass is 483 g/mol. The lowest BCUT2D eigenvalue weighted by molar-refractivity contribution is 0.394. The number of fused-ring (bicyclic) bond motifs is 2. The third-order valence-corrected chi connectivity index (χ3v) is 7.85. The van der Waals surface area contributed by atoms with Crippen LogP contribution in [0.4, 0.5) is 0 Å². The van der Waals surface area contributed by atoms with Gasteiger partial charge in [-0.1, -0.05) is 22.9 Å². The second-order valence-electron chi connectivity index (χ2n) is 8.55. The maximum Gasteiger partial charge on any atom is 0.269 e. The normalized spacial score (nSPS) is 12.1. The number of hydrogen-bond acceptors (Lipinski definition) is 6. The molecule has 0 saturated carbocycles. The molecule has 0 unspecified atom stereocenters. The topological polar surface area (TPSA) is 95.8 Å². The van der Waals surface area contributed by atoms with Crippen molar-refractivity contribution in [3.63, 3.8) is 0 Å². The van der Waals surface area contributed by atoms with Gasteiger partial charge < -0.3 is 9.09 Å². The Labute approximate surface area is 201 Å². The minimum absolute atomic E-state index is 0.204. The average Bonchev–Trinajstić information content (AvgIpc) is 3.54. The Morgan fingerprint density at radius 1 is 0.971 bits per heavy atom. The fraction of sp³-hybridized carbons (Fsp3) is 0.115. The van der Waals surface area contributed by atoms with Gasteiger partial charge in [0, 0.05) is 53.8 Å². The lowest BCUT2D eigenvalue weighted by Crippen LogP contribution is -2.14. The summed E-state index contributed by atoms with van der Waals surface area (Å²) in [6.45, 7) is 3.66. The van der Waals surface area contributed by atoms with E-state index in [2.05, 4.69) is 15.1 Å². The Balaban J connectivity index is 1.65. The van der Waals surface area contributed by atoms with Gasteiger partial charge in [-0.25, -0.2) is 17.4 Å². The SMILES string of the molecule is Cc1ccc(S(=O)(=O)n2c(-c3cn(C)c4ccc(-c5noc(C)n5)cc34)cc3cccnc32)cc1. The van der Waals surface area contributed by atoms with Crippen LogP contribution < -0.4 is 0 Å². The lowest BCUT2D eigenvalue weighted by Gasteiger charge is -2.11. The van der Waals surface area contributed by atoms with Gasteiger partial charge in [-0.3, -0.25) is 0 Å². The minimum Gasteiger partial charge on any atom is -0.350 e. The summed E-state index contributed by atoms with van der Waals surface area (Å²) >= 11 is 0. The highest BCUT2D eigenvalue weighted by molar-refractivity contribution is 7.90. The van der Waals surface area contributed by atoms with E-state index in [4.69, 9.17) is 4.52 Å². The molecule has 8 nitrogen and oxygen atoms in total. The number of nitrogens with zero attached hydrogens (tertiary/aromatic N) is 5. The predicted molar refractivity (Wildman–Crippen MR) is 133 cm³/mol. The van der Waals surface area contributed by atoms with E-state index in [9.17, 15) is 8.42 Å². The summed E-state index contributed by atoms with van der Waals surface area (Å²) < 4.78 is 36.3. The van der Waals surface area contributed by atoms with Crippen LogP contribution in [0.25, 0.3) is 44.6 Å². The zero-order valence-corrected chi connectivity index (χ0v) is 20.1. The second kappa shape index (κ2) is 7.64. The molecule has 35 heavy (non-hydrogen) atoms. The first-order valence-electron chi connectivity index (χ1n) is 11.0. The Bertz CT molecular complexity index is 1840. The molecular weight excluding hydrogens is 462 g/mol. The largest absolute Gasteiger partial charge is 0.350 e. The van der Waals surface area contributed by atoms with E-state index in [1.54, 1.807) is 43.5 Å². The average molecular weight is 484 g/mol. The molecule has 9 heteroatoms. The van der Waals surface area contributed by atoms with E-state index in [-0.39, 0.29) is 4.90 Å². The second-order valence-corrected chi connectivity index (χ2v) is 10.3. The van der Waals surface area contributed by atoms with Crippen LogP contribution in [0.5, 0.6) is 0 Å². The molecule has 0 radical (unpaired) electrons. The highest BCUT2D eigenvalue weighted by Gasteiger charge is 2.26. The number of rotatable bonds is 4. The standard InChI is InChI=1S/C26H21N5O3S/c1-16-6-9-20(10-7-16)35(32,33)31-24(14-19-5-4-12-27-26(19)31)22-15-30(3)23-11-8-18(13-21(22)23)25-28-17(2)34-29-25/h4-15H,1-3H3. The van der Waals surface area contributed by atoms with Gasteiger partial charge in [-0.2, -0.15) is 4.98 Å². The lowest BCUT2D eigenvalue weighted by atomic mass is 10.1. The van der Waals surface area contributed by atoms with Crippen LogP contribution in [-0.4, -0.2) is 32.1 Å². The first kappa shape index (κ1) is 21.3. The number of benzene rings is 2. The molecule has 0 aliphatic carbocycles. The van der Waals surface area contributed by atoms with E-state index < -0.39 is 10.0 Å². The molecule has 2 aromatic carbocycles. The fourth-order valence-corrected chi connectivity index (χ4v) is 5.89. The van der Waals surface area contributed by atoms with E-state index >= 15 is 0 Å². The zero-order valence-electron chi connectivity index (χ0n) is 19.3. The summed E-state index contributed by atoms with van der Waals surface area (Å²) in [5.41, 5.74) is 4.39. The van der Waals surface area contributed by atoms with Crippen molar-refractivity contribution in [1.29, 1.82) is 0 Å². The summed E-state index contributed by atoms with van der Waals surface area (Å²) in [6.07, 6.45) is 3.54. The predicted octanol–water partition coefficient (Wildman–Crippen LogP) is 5.10. The molecule has 174 valence electrons. The van der Waals surface area contributed by atoms with E-state index in [0.717, 1.165) is 33.0 Å². The molecule has 6 aromatic rings. The molecule has 6 rings (SSSR count). The smallest absolute Gasteiger partial charge is 0.269 e. The Morgan fingerprint density at radius 3 is 2.51 bits per heavy atom. The van der Waals surface area contributed by atoms with Gasteiger partial charge in [0.25, 0.3) is 10.0 Å². The Kier molecular flexibility index (Phi) is 4.65. The molecule has 4 aromatic heterocycles. The molecule has 4 heterocycles. The quantitative estimate of drug-likeness (QED) is 0.346. The van der Waals surface area contributed by atoms with Crippen molar-refractivity contribution in [2.24, 2.45) is 7.05 Å². The molecule has 0 amide bonds. The first-order valence-corrected chi connectivity index (χ1v) is 12.5. The molecule has 0 atom stereocenters. The van der Waals surface area contributed by atoms with E-state index in [0.29, 0.717) is 23.1 Å². The van der Waals surface area contributed by atoms with E-state index in [1.165, 1.54) is 3.97 Å².